The van der Waals surface area contributed by atoms with Crippen molar-refractivity contribution in [2.75, 3.05) is 25.9 Å². The van der Waals surface area contributed by atoms with Gasteiger partial charge in [-0.25, -0.2) is 13.2 Å². The molecular weight excluding hydrogens is 280 g/mol. The van der Waals surface area contributed by atoms with Crippen LogP contribution in [-0.4, -0.2) is 38.9 Å². The van der Waals surface area contributed by atoms with Gasteiger partial charge in [0, 0.05) is 13.1 Å². The lowest BCUT2D eigenvalue weighted by Crippen LogP contribution is -2.36. The molecule has 0 radical (unpaired) electrons. The molecule has 1 aromatic carbocycles. The molecule has 2 N–H and O–H groups in total. The van der Waals surface area contributed by atoms with E-state index in [1.165, 1.54) is 29.6 Å². The number of hydrogen-bond acceptors (Lipinski definition) is 5. The molecule has 0 saturated carbocycles. The molecule has 0 aliphatic carbocycles. The molecule has 0 unspecified atom stereocenters. The first-order valence-electron chi connectivity index (χ1n) is 6.45. The Labute approximate surface area is 118 Å². The maximum Gasteiger partial charge on any atom is 0.337 e. The summed E-state index contributed by atoms with van der Waals surface area (Å²) in [6.07, 6.45) is 2.77. The minimum Gasteiger partial charge on any atom is -0.465 e. The van der Waals surface area contributed by atoms with Gasteiger partial charge in [-0.2, -0.15) is 4.31 Å². The van der Waals surface area contributed by atoms with E-state index in [1.807, 2.05) is 0 Å². The number of carbonyl (C=O) groups is 1. The summed E-state index contributed by atoms with van der Waals surface area (Å²) in [4.78, 5) is 11.4. The minimum atomic E-state index is -3.59. The second kappa shape index (κ2) is 5.80. The fourth-order valence-electron chi connectivity index (χ4n) is 2.27. The van der Waals surface area contributed by atoms with Gasteiger partial charge in [0.15, 0.2) is 0 Å². The number of nitrogen functional groups attached to an aromatic ring is 1. The zero-order valence-corrected chi connectivity index (χ0v) is 12.1. The number of carbonyl (C=O) groups excluding carboxylic acids is 1. The Balaban J connectivity index is 2.34. The van der Waals surface area contributed by atoms with Crippen LogP contribution in [0.15, 0.2) is 23.1 Å². The summed E-state index contributed by atoms with van der Waals surface area (Å²) < 4.78 is 31.0. The van der Waals surface area contributed by atoms with E-state index in [4.69, 9.17) is 5.73 Å². The molecule has 1 aliphatic rings. The van der Waals surface area contributed by atoms with E-state index in [9.17, 15) is 13.2 Å². The van der Waals surface area contributed by atoms with E-state index in [0.29, 0.717) is 13.1 Å². The van der Waals surface area contributed by atoms with E-state index in [1.54, 1.807) is 0 Å². The monoisotopic (exact) mass is 298 g/mol. The zero-order chi connectivity index (χ0) is 14.8. The van der Waals surface area contributed by atoms with Crippen molar-refractivity contribution in [3.05, 3.63) is 23.8 Å². The Morgan fingerprint density at radius 1 is 1.25 bits per heavy atom. The van der Waals surface area contributed by atoms with Gasteiger partial charge in [0.25, 0.3) is 0 Å². The largest absolute Gasteiger partial charge is 0.465 e. The maximum atomic E-state index is 12.5. The summed E-state index contributed by atoms with van der Waals surface area (Å²) in [5.41, 5.74) is 6.10. The summed E-state index contributed by atoms with van der Waals surface area (Å²) in [5.74, 6) is -0.543. The first-order valence-corrected chi connectivity index (χ1v) is 7.89. The number of anilines is 1. The summed E-state index contributed by atoms with van der Waals surface area (Å²) in [7, 11) is -2.32. The third-order valence-electron chi connectivity index (χ3n) is 3.36. The van der Waals surface area contributed by atoms with Gasteiger partial charge in [-0.3, -0.25) is 0 Å². The molecule has 7 heteroatoms. The number of hydrogen-bond donors (Lipinski definition) is 1. The molecule has 2 rings (SSSR count). The highest BCUT2D eigenvalue weighted by atomic mass is 32.2. The van der Waals surface area contributed by atoms with E-state index in [-0.39, 0.29) is 16.1 Å². The molecule has 1 aromatic rings. The summed E-state index contributed by atoms with van der Waals surface area (Å²) in [6.45, 7) is 1.03. The van der Waals surface area contributed by atoms with Crippen LogP contribution in [0.5, 0.6) is 0 Å². The SMILES string of the molecule is COC(=O)c1ccc(S(=O)(=O)N2CCCCC2)c(N)c1. The van der Waals surface area contributed by atoms with Crippen molar-refractivity contribution < 1.29 is 17.9 Å². The number of ether oxygens (including phenoxy) is 1. The Kier molecular flexibility index (Phi) is 4.29. The lowest BCUT2D eigenvalue weighted by molar-refractivity contribution is 0.0600. The van der Waals surface area contributed by atoms with E-state index in [0.717, 1.165) is 19.3 Å². The zero-order valence-electron chi connectivity index (χ0n) is 11.3. The number of sulfonamides is 1. The van der Waals surface area contributed by atoms with Gasteiger partial charge < -0.3 is 10.5 Å². The summed E-state index contributed by atoms with van der Waals surface area (Å²) in [6, 6.07) is 4.12. The van der Waals surface area contributed by atoms with Crippen LogP contribution >= 0.6 is 0 Å². The van der Waals surface area contributed by atoms with Gasteiger partial charge in [-0.05, 0) is 31.0 Å². The lowest BCUT2D eigenvalue weighted by Gasteiger charge is -2.26. The van der Waals surface area contributed by atoms with Gasteiger partial charge in [-0.1, -0.05) is 6.42 Å². The molecule has 1 aliphatic heterocycles. The molecule has 0 amide bonds. The highest BCUT2D eigenvalue weighted by Gasteiger charge is 2.28. The Hall–Kier alpha value is -1.60. The van der Waals surface area contributed by atoms with Crippen LogP contribution < -0.4 is 5.73 Å². The fraction of sp³-hybridized carbons (Fsp3) is 0.462. The molecule has 1 saturated heterocycles. The number of esters is 1. The van der Waals surface area contributed by atoms with Crippen molar-refractivity contribution in [2.45, 2.75) is 24.2 Å². The average molecular weight is 298 g/mol. The Morgan fingerprint density at radius 3 is 2.45 bits per heavy atom. The molecule has 110 valence electrons. The van der Waals surface area contributed by atoms with Crippen LogP contribution in [0.1, 0.15) is 29.6 Å². The Bertz CT molecular complexity index is 607. The molecule has 6 nitrogen and oxygen atoms in total. The minimum absolute atomic E-state index is 0.0482. The van der Waals surface area contributed by atoms with Crippen molar-refractivity contribution in [1.29, 1.82) is 0 Å². The smallest absolute Gasteiger partial charge is 0.337 e. The molecule has 0 aromatic heterocycles. The van der Waals surface area contributed by atoms with E-state index in [2.05, 4.69) is 4.74 Å². The topological polar surface area (TPSA) is 89.7 Å². The summed E-state index contributed by atoms with van der Waals surface area (Å²) >= 11 is 0. The van der Waals surface area contributed by atoms with Crippen LogP contribution in [0.3, 0.4) is 0 Å². The number of piperidine rings is 1. The van der Waals surface area contributed by atoms with Crippen LogP contribution in [0.2, 0.25) is 0 Å². The number of rotatable bonds is 3. The highest BCUT2D eigenvalue weighted by Crippen LogP contribution is 2.26. The quantitative estimate of drug-likeness (QED) is 0.669. The first kappa shape index (κ1) is 14.8. The van der Waals surface area contributed by atoms with E-state index < -0.39 is 16.0 Å². The van der Waals surface area contributed by atoms with Crippen molar-refractivity contribution in [3.8, 4) is 0 Å². The molecular formula is C13H18N2O4S. The fourth-order valence-corrected chi connectivity index (χ4v) is 3.89. The third kappa shape index (κ3) is 2.78. The van der Waals surface area contributed by atoms with Crippen LogP contribution in [0, 0.1) is 0 Å². The second-order valence-corrected chi connectivity index (χ2v) is 6.62. The van der Waals surface area contributed by atoms with Gasteiger partial charge in [0.1, 0.15) is 4.90 Å². The molecule has 1 fully saturated rings. The third-order valence-corrected chi connectivity index (χ3v) is 5.34. The Morgan fingerprint density at radius 2 is 1.90 bits per heavy atom. The molecule has 20 heavy (non-hydrogen) atoms. The van der Waals surface area contributed by atoms with Crippen molar-refractivity contribution in [3.63, 3.8) is 0 Å². The van der Waals surface area contributed by atoms with Gasteiger partial charge in [0.2, 0.25) is 10.0 Å². The van der Waals surface area contributed by atoms with Gasteiger partial charge in [0.05, 0.1) is 18.4 Å². The number of methoxy groups -OCH3 is 1. The molecule has 0 spiro atoms. The molecule has 0 atom stereocenters. The number of nitrogens with two attached hydrogens (primary N) is 1. The predicted molar refractivity (Wildman–Crippen MR) is 74.8 cm³/mol. The van der Waals surface area contributed by atoms with Gasteiger partial charge in [-0.15, -0.1) is 0 Å². The maximum absolute atomic E-state index is 12.5. The lowest BCUT2D eigenvalue weighted by atomic mass is 10.2. The number of benzene rings is 1. The highest BCUT2D eigenvalue weighted by molar-refractivity contribution is 7.89. The van der Waals surface area contributed by atoms with Crippen molar-refractivity contribution in [1.82, 2.24) is 4.31 Å². The van der Waals surface area contributed by atoms with E-state index >= 15 is 0 Å². The van der Waals surface area contributed by atoms with Crippen LogP contribution in [-0.2, 0) is 14.8 Å². The molecule has 0 bridgehead atoms. The van der Waals surface area contributed by atoms with Crippen LogP contribution in [0.25, 0.3) is 0 Å². The molecule has 1 heterocycles. The van der Waals surface area contributed by atoms with Crippen LogP contribution in [0.4, 0.5) is 5.69 Å². The summed E-state index contributed by atoms with van der Waals surface area (Å²) in [5, 5.41) is 0. The van der Waals surface area contributed by atoms with Gasteiger partial charge >= 0.3 is 5.97 Å². The predicted octanol–water partition coefficient (Wildman–Crippen LogP) is 1.23. The average Bonchev–Trinajstić information content (AvgIpc) is 2.47. The normalized spacial score (nSPS) is 16.9. The number of nitrogens with zero attached hydrogens (tertiary/aromatic N) is 1. The van der Waals surface area contributed by atoms with Crippen molar-refractivity contribution >= 4 is 21.7 Å². The second-order valence-electron chi connectivity index (χ2n) is 4.71. The van der Waals surface area contributed by atoms with Crippen molar-refractivity contribution in [2.24, 2.45) is 0 Å². The standard InChI is InChI=1S/C13H18N2O4S/c1-19-13(16)10-5-6-12(11(14)9-10)20(17,18)15-7-3-2-4-8-15/h5-6,9H,2-4,7-8,14H2,1H3. The first-order chi connectivity index (χ1) is 9.46.